The molecule has 0 spiro atoms. The Morgan fingerprint density at radius 1 is 1.44 bits per heavy atom. The second-order valence-electron chi connectivity index (χ2n) is 3.87. The van der Waals surface area contributed by atoms with Gasteiger partial charge in [0.25, 0.3) is 0 Å². The minimum absolute atomic E-state index is 0.0410. The van der Waals surface area contributed by atoms with Gasteiger partial charge in [-0.2, -0.15) is 4.31 Å². The largest absolute Gasteiger partial charge is 0.480 e. The molecule has 0 radical (unpaired) electrons. The number of β-amino-alcohol motifs (C(OH)–C–C–N with tert-alkyl or cyclic N) is 1. The average molecular weight is 281 g/mol. The summed E-state index contributed by atoms with van der Waals surface area (Å²) in [5, 5.41) is 18.2. The van der Waals surface area contributed by atoms with Crippen molar-refractivity contribution in [2.45, 2.75) is 25.5 Å². The van der Waals surface area contributed by atoms with Crippen molar-refractivity contribution in [2.24, 2.45) is 0 Å². The van der Waals surface area contributed by atoms with E-state index in [1.165, 1.54) is 6.92 Å². The predicted octanol–water partition coefficient (Wildman–Crippen LogP) is -1.60. The van der Waals surface area contributed by atoms with E-state index in [0.717, 1.165) is 0 Å². The number of nitrogens with zero attached hydrogens (tertiary/aromatic N) is 1. The fourth-order valence-corrected chi connectivity index (χ4v) is 3.26. The molecule has 104 valence electrons. The van der Waals surface area contributed by atoms with Crippen LogP contribution in [0.1, 0.15) is 13.3 Å². The van der Waals surface area contributed by atoms with Crippen LogP contribution in [0, 0.1) is 0 Å². The fraction of sp³-hybridized carbons (Fsp3) is 0.778. The van der Waals surface area contributed by atoms with Gasteiger partial charge in [0.15, 0.2) is 5.75 Å². The Morgan fingerprint density at radius 3 is 2.56 bits per heavy atom. The first-order valence-corrected chi connectivity index (χ1v) is 6.95. The van der Waals surface area contributed by atoms with Crippen LogP contribution >= 0.6 is 0 Å². The zero-order valence-electron chi connectivity index (χ0n) is 9.77. The number of hydrogen-bond acceptors (Lipinski definition) is 6. The third-order valence-electron chi connectivity index (χ3n) is 2.48. The summed E-state index contributed by atoms with van der Waals surface area (Å²) in [6.45, 7) is 1.25. The number of ether oxygens (including phenoxy) is 1. The van der Waals surface area contributed by atoms with Gasteiger partial charge in [0.1, 0.15) is 6.04 Å². The van der Waals surface area contributed by atoms with E-state index in [2.05, 4.69) is 4.74 Å². The van der Waals surface area contributed by atoms with Crippen LogP contribution in [0.25, 0.3) is 0 Å². The molecule has 0 aliphatic carbocycles. The number of carbonyl (C=O) groups excluding carboxylic acids is 1. The van der Waals surface area contributed by atoms with Crippen LogP contribution < -0.4 is 0 Å². The van der Waals surface area contributed by atoms with Gasteiger partial charge in [-0.25, -0.2) is 8.42 Å². The van der Waals surface area contributed by atoms with E-state index < -0.39 is 39.9 Å². The normalized spacial score (nSPS) is 25.0. The van der Waals surface area contributed by atoms with E-state index in [1.807, 2.05) is 0 Å². The van der Waals surface area contributed by atoms with Crippen molar-refractivity contribution in [3.05, 3.63) is 0 Å². The smallest absolute Gasteiger partial charge is 0.322 e. The van der Waals surface area contributed by atoms with Crippen LogP contribution in [0.3, 0.4) is 0 Å². The van der Waals surface area contributed by atoms with Crippen LogP contribution in [-0.2, 0) is 24.3 Å². The second-order valence-corrected chi connectivity index (χ2v) is 5.80. The van der Waals surface area contributed by atoms with E-state index in [1.54, 1.807) is 0 Å². The molecule has 0 bridgehead atoms. The monoisotopic (exact) mass is 281 g/mol. The Morgan fingerprint density at radius 2 is 2.06 bits per heavy atom. The van der Waals surface area contributed by atoms with Gasteiger partial charge >= 0.3 is 11.9 Å². The summed E-state index contributed by atoms with van der Waals surface area (Å²) >= 11 is 0. The van der Waals surface area contributed by atoms with Gasteiger partial charge < -0.3 is 14.9 Å². The molecule has 8 nitrogen and oxygen atoms in total. The molecule has 0 unspecified atom stereocenters. The van der Waals surface area contributed by atoms with Gasteiger partial charge in [0.05, 0.1) is 12.7 Å². The van der Waals surface area contributed by atoms with Crippen LogP contribution in [-0.4, -0.2) is 65.9 Å². The number of aliphatic carboxylic acids is 1. The van der Waals surface area contributed by atoms with Crippen molar-refractivity contribution in [1.82, 2.24) is 4.31 Å². The number of carbonyl (C=O) groups is 2. The van der Waals surface area contributed by atoms with Crippen LogP contribution in [0.2, 0.25) is 0 Å². The zero-order chi connectivity index (χ0) is 13.9. The molecule has 0 amide bonds. The molecule has 18 heavy (non-hydrogen) atoms. The minimum atomic E-state index is -4.09. The summed E-state index contributed by atoms with van der Waals surface area (Å²) in [4.78, 5) is 22.0. The molecule has 1 rings (SSSR count). The van der Waals surface area contributed by atoms with E-state index in [-0.39, 0.29) is 19.6 Å². The maximum Gasteiger partial charge on any atom is 0.322 e. The molecule has 2 N–H and O–H groups in total. The highest BCUT2D eigenvalue weighted by molar-refractivity contribution is 7.89. The second kappa shape index (κ2) is 5.63. The molecule has 1 saturated heterocycles. The molecule has 9 heteroatoms. The number of carboxylic acids is 1. The summed E-state index contributed by atoms with van der Waals surface area (Å²) in [5.41, 5.74) is 0. The van der Waals surface area contributed by atoms with Crippen molar-refractivity contribution in [3.63, 3.8) is 0 Å². The topological polar surface area (TPSA) is 121 Å². The number of rotatable bonds is 5. The summed E-state index contributed by atoms with van der Waals surface area (Å²) in [6.07, 6.45) is -1.22. The summed E-state index contributed by atoms with van der Waals surface area (Å²) < 4.78 is 28.8. The van der Waals surface area contributed by atoms with Crippen molar-refractivity contribution in [3.8, 4) is 0 Å². The molecule has 0 aromatic heterocycles. The number of carboxylic acid groups (broad SMARTS) is 1. The number of aliphatic hydroxyl groups excluding tert-OH is 1. The highest BCUT2D eigenvalue weighted by atomic mass is 32.2. The van der Waals surface area contributed by atoms with Crippen molar-refractivity contribution in [1.29, 1.82) is 0 Å². The Balaban J connectivity index is 2.83. The number of esters is 1. The van der Waals surface area contributed by atoms with E-state index >= 15 is 0 Å². The van der Waals surface area contributed by atoms with Crippen molar-refractivity contribution in [2.75, 3.05) is 18.9 Å². The SMILES string of the molecule is CCOC(=O)CS(=O)(=O)N1C[C@@H](O)C[C@H]1C(=O)O. The lowest BCUT2D eigenvalue weighted by Crippen LogP contribution is -2.43. The number of hydrogen-bond donors (Lipinski definition) is 2. The van der Waals surface area contributed by atoms with Gasteiger partial charge in [0, 0.05) is 13.0 Å². The maximum absolute atomic E-state index is 11.8. The number of sulfonamides is 1. The third-order valence-corrected chi connectivity index (χ3v) is 4.20. The molecule has 1 fully saturated rings. The fourth-order valence-electron chi connectivity index (χ4n) is 1.75. The highest BCUT2D eigenvalue weighted by Gasteiger charge is 2.43. The van der Waals surface area contributed by atoms with E-state index in [0.29, 0.717) is 4.31 Å². The molecule has 0 saturated carbocycles. The Hall–Kier alpha value is -1.19. The molecular weight excluding hydrogens is 266 g/mol. The molecule has 1 aliphatic heterocycles. The lowest BCUT2D eigenvalue weighted by Gasteiger charge is -2.19. The summed E-state index contributed by atoms with van der Waals surface area (Å²) in [5.74, 6) is -3.21. The van der Waals surface area contributed by atoms with E-state index in [4.69, 9.17) is 5.11 Å². The van der Waals surface area contributed by atoms with Gasteiger partial charge in [-0.15, -0.1) is 0 Å². The molecule has 1 heterocycles. The Bertz CT molecular complexity index is 432. The molecule has 0 aromatic rings. The molecule has 2 atom stereocenters. The minimum Gasteiger partial charge on any atom is -0.480 e. The Kier molecular flexibility index (Phi) is 4.65. The summed E-state index contributed by atoms with van der Waals surface area (Å²) in [6, 6.07) is -1.33. The highest BCUT2D eigenvalue weighted by Crippen LogP contribution is 2.22. The molecule has 1 aliphatic rings. The van der Waals surface area contributed by atoms with E-state index in [9.17, 15) is 23.1 Å². The van der Waals surface area contributed by atoms with Gasteiger partial charge in [-0.05, 0) is 6.92 Å². The first-order chi connectivity index (χ1) is 8.27. The predicted molar refractivity (Wildman–Crippen MR) is 59.2 cm³/mol. The third kappa shape index (κ3) is 3.40. The van der Waals surface area contributed by atoms with Crippen LogP contribution in [0.4, 0.5) is 0 Å². The van der Waals surface area contributed by atoms with Crippen molar-refractivity contribution >= 4 is 22.0 Å². The van der Waals surface area contributed by atoms with Crippen LogP contribution in [0.15, 0.2) is 0 Å². The van der Waals surface area contributed by atoms with Crippen molar-refractivity contribution < 1.29 is 33.0 Å². The average Bonchev–Trinajstić information content (AvgIpc) is 2.60. The molecular formula is C9H15NO7S. The first kappa shape index (κ1) is 14.9. The lowest BCUT2D eigenvalue weighted by molar-refractivity contribution is -0.142. The first-order valence-electron chi connectivity index (χ1n) is 5.34. The van der Waals surface area contributed by atoms with Gasteiger partial charge in [0.2, 0.25) is 10.0 Å². The molecule has 0 aromatic carbocycles. The van der Waals surface area contributed by atoms with Gasteiger partial charge in [-0.1, -0.05) is 0 Å². The van der Waals surface area contributed by atoms with Crippen LogP contribution in [0.5, 0.6) is 0 Å². The maximum atomic E-state index is 11.8. The standard InChI is InChI=1S/C9H15NO7S/c1-2-17-8(12)5-18(15,16)10-4-6(11)3-7(10)9(13)14/h6-7,11H,2-5H2,1H3,(H,13,14)/t6-,7-/m0/s1. The number of aliphatic hydroxyl groups is 1. The summed E-state index contributed by atoms with van der Waals surface area (Å²) in [7, 11) is -4.09. The lowest BCUT2D eigenvalue weighted by atomic mass is 10.2. The zero-order valence-corrected chi connectivity index (χ0v) is 10.6. The van der Waals surface area contributed by atoms with Gasteiger partial charge in [-0.3, -0.25) is 9.59 Å². The quantitative estimate of drug-likeness (QED) is 0.582. The Labute approximate surface area is 104 Å².